The predicted octanol–water partition coefficient (Wildman–Crippen LogP) is 1.45. The van der Waals surface area contributed by atoms with Gasteiger partial charge in [-0.15, -0.1) is 0 Å². The lowest BCUT2D eigenvalue weighted by Crippen LogP contribution is -2.36. The van der Waals surface area contributed by atoms with E-state index in [4.69, 9.17) is 16.2 Å². The number of halogens is 1. The first-order chi connectivity index (χ1) is 7.18. The van der Waals surface area contributed by atoms with Crippen molar-refractivity contribution in [1.82, 2.24) is 0 Å². The third-order valence-corrected chi connectivity index (χ3v) is 2.96. The Bertz CT molecular complexity index is 364. The molecule has 1 fully saturated rings. The van der Waals surface area contributed by atoms with E-state index in [1.54, 1.807) is 0 Å². The lowest BCUT2D eigenvalue weighted by molar-refractivity contribution is 0.123. The molecular weight excluding hydrogens is 258 g/mol. The molecule has 0 saturated carbocycles. The molecule has 1 aliphatic heterocycles. The Labute approximate surface area is 97.3 Å². The zero-order chi connectivity index (χ0) is 10.8. The second-order valence-corrected chi connectivity index (χ2v) is 4.44. The first-order valence-electron chi connectivity index (χ1n) is 4.85. The predicted molar refractivity (Wildman–Crippen MR) is 66.0 cm³/mol. The van der Waals surface area contributed by atoms with Crippen molar-refractivity contribution in [3.63, 3.8) is 0 Å². The summed E-state index contributed by atoms with van der Waals surface area (Å²) >= 11 is 3.42. The fourth-order valence-corrected chi connectivity index (χ4v) is 2.15. The Hall–Kier alpha value is -0.940. The number of rotatable bonds is 1. The average molecular weight is 272 g/mol. The van der Waals surface area contributed by atoms with E-state index in [9.17, 15) is 0 Å². The summed E-state index contributed by atoms with van der Waals surface area (Å²) in [5.41, 5.74) is 14.0. The van der Waals surface area contributed by atoms with Crippen LogP contribution < -0.4 is 16.4 Å². The van der Waals surface area contributed by atoms with Crippen LogP contribution in [0.1, 0.15) is 0 Å². The van der Waals surface area contributed by atoms with Crippen molar-refractivity contribution in [1.29, 1.82) is 0 Å². The first-order valence-corrected chi connectivity index (χ1v) is 5.65. The van der Waals surface area contributed by atoms with Crippen LogP contribution >= 0.6 is 15.9 Å². The minimum absolute atomic E-state index is 0.617. The molecule has 0 atom stereocenters. The van der Waals surface area contributed by atoms with Crippen molar-refractivity contribution >= 4 is 33.0 Å². The summed E-state index contributed by atoms with van der Waals surface area (Å²) in [6.07, 6.45) is 0. The van der Waals surface area contributed by atoms with E-state index in [1.165, 1.54) is 0 Å². The zero-order valence-electron chi connectivity index (χ0n) is 8.37. The van der Waals surface area contributed by atoms with Crippen LogP contribution in [0.5, 0.6) is 0 Å². The average Bonchev–Trinajstić information content (AvgIpc) is 2.24. The van der Waals surface area contributed by atoms with Crippen molar-refractivity contribution in [3.05, 3.63) is 16.6 Å². The summed E-state index contributed by atoms with van der Waals surface area (Å²) in [5, 5.41) is 0. The van der Waals surface area contributed by atoms with Crippen LogP contribution in [-0.2, 0) is 4.74 Å². The molecule has 0 amide bonds. The molecule has 0 aromatic heterocycles. The largest absolute Gasteiger partial charge is 0.397 e. The molecule has 0 bridgehead atoms. The molecule has 1 aromatic rings. The number of benzene rings is 1. The molecule has 1 saturated heterocycles. The summed E-state index contributed by atoms with van der Waals surface area (Å²) in [6.45, 7) is 3.21. The highest BCUT2D eigenvalue weighted by atomic mass is 79.9. The molecule has 4 N–H and O–H groups in total. The van der Waals surface area contributed by atoms with Gasteiger partial charge in [-0.3, -0.25) is 0 Å². The number of ether oxygens (including phenoxy) is 1. The van der Waals surface area contributed by atoms with Crippen molar-refractivity contribution in [2.45, 2.75) is 0 Å². The van der Waals surface area contributed by atoms with E-state index in [1.807, 2.05) is 12.1 Å². The van der Waals surface area contributed by atoms with Gasteiger partial charge in [0.1, 0.15) is 0 Å². The van der Waals surface area contributed by atoms with Crippen molar-refractivity contribution < 1.29 is 4.74 Å². The minimum atomic E-state index is 0.617. The molecule has 15 heavy (non-hydrogen) atoms. The van der Waals surface area contributed by atoms with Crippen molar-refractivity contribution in [2.24, 2.45) is 0 Å². The Morgan fingerprint density at radius 1 is 1.20 bits per heavy atom. The highest BCUT2D eigenvalue weighted by Crippen LogP contribution is 2.33. The van der Waals surface area contributed by atoms with E-state index in [2.05, 4.69) is 20.8 Å². The lowest BCUT2D eigenvalue weighted by atomic mass is 10.2. The van der Waals surface area contributed by atoms with E-state index < -0.39 is 0 Å². The van der Waals surface area contributed by atoms with Gasteiger partial charge in [0.25, 0.3) is 0 Å². The number of anilines is 3. The van der Waals surface area contributed by atoms with E-state index in [-0.39, 0.29) is 0 Å². The summed E-state index contributed by atoms with van der Waals surface area (Å²) < 4.78 is 6.25. The summed E-state index contributed by atoms with van der Waals surface area (Å²) in [4.78, 5) is 2.19. The van der Waals surface area contributed by atoms with Crippen LogP contribution in [0.3, 0.4) is 0 Å². The molecule has 0 aliphatic carbocycles. The number of hydrogen-bond donors (Lipinski definition) is 2. The van der Waals surface area contributed by atoms with Gasteiger partial charge in [0.05, 0.1) is 30.3 Å². The highest BCUT2D eigenvalue weighted by Gasteiger charge is 2.15. The van der Waals surface area contributed by atoms with Gasteiger partial charge in [-0.25, -0.2) is 0 Å². The van der Waals surface area contributed by atoms with Crippen LogP contribution in [0.25, 0.3) is 0 Å². The number of nitrogen functional groups attached to an aromatic ring is 2. The first kappa shape index (κ1) is 10.6. The molecule has 1 heterocycles. The Morgan fingerprint density at radius 2 is 1.87 bits per heavy atom. The normalized spacial score (nSPS) is 16.7. The molecule has 0 unspecified atom stereocenters. The molecular formula is C10H14BrN3O. The maximum absolute atomic E-state index is 5.95. The van der Waals surface area contributed by atoms with Gasteiger partial charge >= 0.3 is 0 Å². The van der Waals surface area contributed by atoms with Crippen LogP contribution in [0.15, 0.2) is 16.6 Å². The Balaban J connectivity index is 2.33. The van der Waals surface area contributed by atoms with E-state index in [0.717, 1.165) is 36.5 Å². The number of nitrogens with zero attached hydrogens (tertiary/aromatic N) is 1. The standard InChI is InChI=1S/C10H14BrN3O/c11-7-5-8(12)10(13)9(6-7)14-1-3-15-4-2-14/h5-6H,1-4,12-13H2. The maximum Gasteiger partial charge on any atom is 0.0786 e. The topological polar surface area (TPSA) is 64.5 Å². The second-order valence-electron chi connectivity index (χ2n) is 3.53. The maximum atomic E-state index is 5.95. The van der Waals surface area contributed by atoms with Crippen LogP contribution in [0.4, 0.5) is 17.1 Å². The smallest absolute Gasteiger partial charge is 0.0786 e. The quantitative estimate of drug-likeness (QED) is 0.759. The van der Waals surface area contributed by atoms with Gasteiger partial charge in [-0.1, -0.05) is 15.9 Å². The number of hydrogen-bond acceptors (Lipinski definition) is 4. The van der Waals surface area contributed by atoms with E-state index in [0.29, 0.717) is 11.4 Å². The monoisotopic (exact) mass is 271 g/mol. The molecule has 0 radical (unpaired) electrons. The Morgan fingerprint density at radius 3 is 2.53 bits per heavy atom. The highest BCUT2D eigenvalue weighted by molar-refractivity contribution is 9.10. The number of nitrogens with two attached hydrogens (primary N) is 2. The third-order valence-electron chi connectivity index (χ3n) is 2.51. The van der Waals surface area contributed by atoms with Gasteiger partial charge in [-0.05, 0) is 12.1 Å². The third kappa shape index (κ3) is 2.18. The fourth-order valence-electron chi connectivity index (χ4n) is 1.69. The van der Waals surface area contributed by atoms with Gasteiger partial charge in [-0.2, -0.15) is 0 Å². The summed E-state index contributed by atoms with van der Waals surface area (Å²) in [7, 11) is 0. The number of morpholine rings is 1. The van der Waals surface area contributed by atoms with Gasteiger partial charge in [0.2, 0.25) is 0 Å². The molecule has 4 nitrogen and oxygen atoms in total. The molecule has 1 aliphatic rings. The van der Waals surface area contributed by atoms with Crippen molar-refractivity contribution in [3.8, 4) is 0 Å². The van der Waals surface area contributed by atoms with Gasteiger partial charge < -0.3 is 21.1 Å². The van der Waals surface area contributed by atoms with Crippen LogP contribution in [0.2, 0.25) is 0 Å². The molecule has 1 aromatic carbocycles. The molecule has 2 rings (SSSR count). The summed E-state index contributed by atoms with van der Waals surface area (Å²) in [5.74, 6) is 0. The molecule has 0 spiro atoms. The van der Waals surface area contributed by atoms with Crippen LogP contribution in [-0.4, -0.2) is 26.3 Å². The minimum Gasteiger partial charge on any atom is -0.397 e. The van der Waals surface area contributed by atoms with E-state index >= 15 is 0 Å². The van der Waals surface area contributed by atoms with Gasteiger partial charge in [0, 0.05) is 17.6 Å². The van der Waals surface area contributed by atoms with Crippen LogP contribution in [0, 0.1) is 0 Å². The molecule has 5 heteroatoms. The lowest BCUT2D eigenvalue weighted by Gasteiger charge is -2.30. The Kier molecular flexibility index (Phi) is 3.02. The SMILES string of the molecule is Nc1cc(Br)cc(N2CCOCC2)c1N. The second kappa shape index (κ2) is 4.28. The van der Waals surface area contributed by atoms with Crippen molar-refractivity contribution in [2.75, 3.05) is 42.7 Å². The zero-order valence-corrected chi connectivity index (χ0v) is 9.96. The van der Waals surface area contributed by atoms with Gasteiger partial charge in [0.15, 0.2) is 0 Å². The summed E-state index contributed by atoms with van der Waals surface area (Å²) in [6, 6.07) is 3.82. The fraction of sp³-hybridized carbons (Fsp3) is 0.400. The molecule has 82 valence electrons.